The predicted octanol–water partition coefficient (Wildman–Crippen LogP) is 3.67. The Hall–Kier alpha value is -0.360. The summed E-state index contributed by atoms with van der Waals surface area (Å²) in [6.45, 7) is 10.3. The van der Waals surface area contributed by atoms with Crippen LogP contribution in [-0.4, -0.2) is 73.1 Å². The molecule has 1 fully saturated rings. The van der Waals surface area contributed by atoms with Crippen LogP contribution in [0, 0.1) is 29.1 Å². The van der Waals surface area contributed by atoms with E-state index in [1.165, 1.54) is 5.57 Å². The number of fused-ring (bicyclic) bond motifs is 1. The van der Waals surface area contributed by atoms with Crippen LogP contribution in [0.2, 0.25) is 0 Å². The van der Waals surface area contributed by atoms with Gasteiger partial charge >= 0.3 is 49.7 Å². The van der Waals surface area contributed by atoms with Crippen molar-refractivity contribution in [3.63, 3.8) is 0 Å². The molecule has 172 valence electrons. The van der Waals surface area contributed by atoms with Crippen LogP contribution in [-0.2, 0) is 19.1 Å². The second kappa shape index (κ2) is 11.2. The summed E-state index contributed by atoms with van der Waals surface area (Å²) >= 11 is 0. The first-order valence-electron chi connectivity index (χ1n) is 11.6. The molecular formula is C25H40CaO5. The van der Waals surface area contributed by atoms with Gasteiger partial charge in [-0.2, -0.15) is 0 Å². The molecule has 1 heterocycles. The van der Waals surface area contributed by atoms with E-state index in [2.05, 4.69) is 32.1 Å². The number of ether oxygens (including phenoxy) is 2. The van der Waals surface area contributed by atoms with Gasteiger partial charge in [0.2, 0.25) is 0 Å². The van der Waals surface area contributed by atoms with Gasteiger partial charge in [0.05, 0.1) is 17.9 Å². The molecule has 3 rings (SSSR count). The molecule has 5 nitrogen and oxygen atoms in total. The Kier molecular flexibility index (Phi) is 9.69. The third-order valence-corrected chi connectivity index (χ3v) is 7.35. The van der Waals surface area contributed by atoms with Crippen molar-refractivity contribution >= 4 is 49.7 Å². The van der Waals surface area contributed by atoms with E-state index in [0.29, 0.717) is 24.2 Å². The number of carbonyl (C=O) groups is 2. The molecule has 1 saturated heterocycles. The van der Waals surface area contributed by atoms with Crippen LogP contribution in [0.1, 0.15) is 73.1 Å². The molecule has 0 radical (unpaired) electrons. The van der Waals surface area contributed by atoms with Gasteiger partial charge in [0.25, 0.3) is 0 Å². The van der Waals surface area contributed by atoms with E-state index in [1.54, 1.807) is 0 Å². The Morgan fingerprint density at radius 3 is 2.61 bits per heavy atom. The van der Waals surface area contributed by atoms with Crippen LogP contribution in [0.4, 0.5) is 0 Å². The summed E-state index contributed by atoms with van der Waals surface area (Å²) in [6, 6.07) is 0. The second-order valence-electron chi connectivity index (χ2n) is 10.3. The van der Waals surface area contributed by atoms with Gasteiger partial charge < -0.3 is 14.6 Å². The number of allylic oxidation sites excluding steroid dienone is 3. The van der Waals surface area contributed by atoms with E-state index >= 15 is 0 Å². The molecule has 0 bridgehead atoms. The number of esters is 2. The molecule has 0 aromatic heterocycles. The number of hydrogen-bond donors (Lipinski definition) is 1. The molecule has 1 aliphatic heterocycles. The molecular weight excluding hydrogens is 420 g/mol. The molecule has 0 aromatic carbocycles. The number of hydrogen-bond acceptors (Lipinski definition) is 5. The van der Waals surface area contributed by atoms with E-state index in [-0.39, 0.29) is 74.2 Å². The van der Waals surface area contributed by atoms with Crippen molar-refractivity contribution in [3.8, 4) is 0 Å². The molecule has 2 aliphatic carbocycles. The van der Waals surface area contributed by atoms with Gasteiger partial charge in [0.15, 0.2) is 0 Å². The standard InChI is InChI=1S/C25H38O5.Ca.2H/c1-6-25(4,5)24(28)30-21-12-15(2)11-17-8-7-16(3)20(23(17)21)10-9-19-13-18(26)14-22(27)29-19;;;/h7-8,11,15-16,18-21,23,26H,6,9-10,12-14H2,1-5H3;;;/t15-,16-,18+,19-,20-,21-,23-;;;/m1.../s1. The van der Waals surface area contributed by atoms with Crippen LogP contribution in [0.25, 0.3) is 0 Å². The summed E-state index contributed by atoms with van der Waals surface area (Å²) in [4.78, 5) is 24.6. The average molecular weight is 461 g/mol. The van der Waals surface area contributed by atoms with Gasteiger partial charge in [0, 0.05) is 12.3 Å². The zero-order chi connectivity index (χ0) is 22.1. The zero-order valence-corrected chi connectivity index (χ0v) is 19.1. The van der Waals surface area contributed by atoms with Crippen molar-refractivity contribution in [2.45, 2.75) is 91.5 Å². The summed E-state index contributed by atoms with van der Waals surface area (Å²) in [7, 11) is 0. The SMILES string of the molecule is CCC(C)(C)C(=O)O[C@@H]1C[C@H](C)C=C2C=C[C@@H](C)[C@@H](CC[C@@H]3C[C@H](O)CC(=O)O3)[C@@H]21.[CaH2]. The fourth-order valence-electron chi connectivity index (χ4n) is 5.08. The van der Waals surface area contributed by atoms with Gasteiger partial charge in [-0.1, -0.05) is 39.0 Å². The quantitative estimate of drug-likeness (QED) is 0.484. The molecule has 6 heteroatoms. The van der Waals surface area contributed by atoms with E-state index < -0.39 is 11.5 Å². The van der Waals surface area contributed by atoms with Crippen molar-refractivity contribution in [1.29, 1.82) is 0 Å². The van der Waals surface area contributed by atoms with E-state index in [9.17, 15) is 14.7 Å². The Morgan fingerprint density at radius 1 is 1.26 bits per heavy atom. The zero-order valence-electron chi connectivity index (χ0n) is 19.1. The molecule has 1 N–H and O–H groups in total. The number of carbonyl (C=O) groups excluding carboxylic acids is 2. The number of rotatable bonds is 6. The second-order valence-corrected chi connectivity index (χ2v) is 10.3. The number of aliphatic hydroxyl groups is 1. The van der Waals surface area contributed by atoms with Gasteiger partial charge in [-0.05, 0) is 62.9 Å². The Balaban J connectivity index is 0.00000341. The van der Waals surface area contributed by atoms with Crippen LogP contribution < -0.4 is 0 Å². The van der Waals surface area contributed by atoms with Crippen LogP contribution >= 0.6 is 0 Å². The van der Waals surface area contributed by atoms with Crippen molar-refractivity contribution in [2.75, 3.05) is 0 Å². The molecule has 0 amide bonds. The summed E-state index contributed by atoms with van der Waals surface area (Å²) < 4.78 is 11.6. The molecule has 0 aromatic rings. The van der Waals surface area contributed by atoms with E-state index in [4.69, 9.17) is 9.47 Å². The van der Waals surface area contributed by atoms with Crippen molar-refractivity contribution in [2.24, 2.45) is 29.1 Å². The summed E-state index contributed by atoms with van der Waals surface area (Å²) in [6.07, 6.45) is 9.61. The number of aliphatic hydroxyl groups excluding tert-OH is 1. The van der Waals surface area contributed by atoms with E-state index in [1.807, 2.05) is 20.8 Å². The average Bonchev–Trinajstić information content (AvgIpc) is 2.66. The van der Waals surface area contributed by atoms with E-state index in [0.717, 1.165) is 25.7 Å². The van der Waals surface area contributed by atoms with Crippen molar-refractivity contribution < 1.29 is 24.2 Å². The Labute approximate surface area is 217 Å². The Morgan fingerprint density at radius 2 is 1.97 bits per heavy atom. The molecule has 7 atom stereocenters. The monoisotopic (exact) mass is 460 g/mol. The van der Waals surface area contributed by atoms with Crippen molar-refractivity contribution in [1.82, 2.24) is 0 Å². The first kappa shape index (κ1) is 26.9. The molecule has 0 saturated carbocycles. The van der Waals surface area contributed by atoms with Crippen LogP contribution in [0.15, 0.2) is 23.8 Å². The summed E-state index contributed by atoms with van der Waals surface area (Å²) in [5.41, 5.74) is 0.785. The van der Waals surface area contributed by atoms with Crippen molar-refractivity contribution in [3.05, 3.63) is 23.8 Å². The molecule has 0 spiro atoms. The molecule has 31 heavy (non-hydrogen) atoms. The summed E-state index contributed by atoms with van der Waals surface area (Å²) in [5, 5.41) is 9.92. The van der Waals surface area contributed by atoms with Gasteiger partial charge in [-0.3, -0.25) is 9.59 Å². The first-order chi connectivity index (χ1) is 14.1. The maximum atomic E-state index is 12.9. The Bertz CT molecular complexity index is 713. The minimum atomic E-state index is -0.601. The van der Waals surface area contributed by atoms with Crippen LogP contribution in [0.3, 0.4) is 0 Å². The third-order valence-electron chi connectivity index (χ3n) is 7.35. The molecule has 3 aliphatic rings. The minimum absolute atomic E-state index is 0. The molecule has 0 unspecified atom stereocenters. The van der Waals surface area contributed by atoms with Gasteiger partial charge in [-0.25, -0.2) is 0 Å². The fraction of sp³-hybridized carbons (Fsp3) is 0.760. The first-order valence-corrected chi connectivity index (χ1v) is 11.6. The number of cyclic esters (lactones) is 1. The predicted molar refractivity (Wildman–Crippen MR) is 124 cm³/mol. The maximum absolute atomic E-state index is 12.9. The van der Waals surface area contributed by atoms with Gasteiger partial charge in [-0.15, -0.1) is 0 Å². The normalized spacial score (nSPS) is 35.4. The third kappa shape index (κ3) is 6.59. The van der Waals surface area contributed by atoms with Crippen LogP contribution in [0.5, 0.6) is 0 Å². The fourth-order valence-corrected chi connectivity index (χ4v) is 5.08. The topological polar surface area (TPSA) is 72.8 Å². The summed E-state index contributed by atoms with van der Waals surface area (Å²) in [5.74, 6) is 0.776. The van der Waals surface area contributed by atoms with Gasteiger partial charge in [0.1, 0.15) is 12.2 Å².